The van der Waals surface area contributed by atoms with Gasteiger partial charge in [0, 0.05) is 5.56 Å². The van der Waals surface area contributed by atoms with Gasteiger partial charge in [-0.05, 0) is 24.6 Å². The summed E-state index contributed by atoms with van der Waals surface area (Å²) < 4.78 is 0. The first kappa shape index (κ1) is 12.4. The maximum atomic E-state index is 10.5. The summed E-state index contributed by atoms with van der Waals surface area (Å²) >= 11 is 0. The van der Waals surface area contributed by atoms with Crippen molar-refractivity contribution >= 4 is 12.3 Å². The van der Waals surface area contributed by atoms with E-state index in [1.807, 2.05) is 13.8 Å². The standard InChI is InChI=1S/C9H8O3.C2H6/c1-6-4-7(5-10)2-3-8(6)9(11)12;1-2/h2-5H,1H3,(H,11,12);1-2H3. The predicted octanol–water partition coefficient (Wildman–Crippen LogP) is 2.53. The number of carbonyl (C=O) groups is 2. The molecule has 0 aliphatic rings. The van der Waals surface area contributed by atoms with Gasteiger partial charge >= 0.3 is 5.97 Å². The molecule has 0 aliphatic carbocycles. The van der Waals surface area contributed by atoms with E-state index in [0.717, 1.165) is 0 Å². The number of carboxylic acid groups (broad SMARTS) is 1. The Labute approximate surface area is 83.4 Å². The molecule has 0 aliphatic heterocycles. The third kappa shape index (κ3) is 3.01. The van der Waals surface area contributed by atoms with E-state index in [4.69, 9.17) is 5.11 Å². The first-order valence-corrected chi connectivity index (χ1v) is 4.44. The van der Waals surface area contributed by atoms with Gasteiger partial charge in [-0.2, -0.15) is 0 Å². The Hall–Kier alpha value is -1.64. The Morgan fingerprint density at radius 2 is 1.93 bits per heavy atom. The average Bonchev–Trinajstić information content (AvgIpc) is 2.20. The van der Waals surface area contributed by atoms with Crippen molar-refractivity contribution in [2.45, 2.75) is 20.8 Å². The first-order chi connectivity index (χ1) is 6.65. The summed E-state index contributed by atoms with van der Waals surface area (Å²) in [6, 6.07) is 4.47. The molecule has 0 heterocycles. The number of aldehydes is 1. The lowest BCUT2D eigenvalue weighted by Crippen LogP contribution is -1.99. The fourth-order valence-corrected chi connectivity index (χ4v) is 1.00. The lowest BCUT2D eigenvalue weighted by atomic mass is 10.1. The molecule has 0 unspecified atom stereocenters. The highest BCUT2D eigenvalue weighted by atomic mass is 16.4. The topological polar surface area (TPSA) is 54.4 Å². The van der Waals surface area contributed by atoms with Crippen molar-refractivity contribution in [3.05, 3.63) is 34.9 Å². The van der Waals surface area contributed by atoms with Crippen molar-refractivity contribution in [2.75, 3.05) is 0 Å². The normalized spacial score (nSPS) is 8.50. The quantitative estimate of drug-likeness (QED) is 0.736. The van der Waals surface area contributed by atoms with Crippen LogP contribution in [0.1, 0.15) is 40.1 Å². The van der Waals surface area contributed by atoms with Crippen molar-refractivity contribution in [3.63, 3.8) is 0 Å². The predicted molar refractivity (Wildman–Crippen MR) is 54.9 cm³/mol. The van der Waals surface area contributed by atoms with E-state index in [0.29, 0.717) is 17.4 Å². The molecule has 0 bridgehead atoms. The van der Waals surface area contributed by atoms with Crippen molar-refractivity contribution in [3.8, 4) is 0 Å². The molecule has 1 aromatic rings. The van der Waals surface area contributed by atoms with Crippen LogP contribution >= 0.6 is 0 Å². The summed E-state index contributed by atoms with van der Waals surface area (Å²) in [7, 11) is 0. The fourth-order valence-electron chi connectivity index (χ4n) is 1.00. The third-order valence-corrected chi connectivity index (χ3v) is 1.62. The molecule has 0 fully saturated rings. The van der Waals surface area contributed by atoms with E-state index in [9.17, 15) is 9.59 Å². The Morgan fingerprint density at radius 3 is 2.29 bits per heavy atom. The minimum Gasteiger partial charge on any atom is -0.478 e. The van der Waals surface area contributed by atoms with Crippen LogP contribution in [0.4, 0.5) is 0 Å². The third-order valence-electron chi connectivity index (χ3n) is 1.62. The van der Waals surface area contributed by atoms with Crippen molar-refractivity contribution in [2.24, 2.45) is 0 Å². The summed E-state index contributed by atoms with van der Waals surface area (Å²) in [5.41, 5.74) is 1.34. The van der Waals surface area contributed by atoms with Gasteiger partial charge in [0.15, 0.2) is 0 Å². The molecular formula is C11H14O3. The summed E-state index contributed by atoms with van der Waals surface area (Å²) in [4.78, 5) is 20.8. The van der Waals surface area contributed by atoms with Crippen molar-refractivity contribution in [1.82, 2.24) is 0 Å². The molecule has 0 radical (unpaired) electrons. The molecule has 76 valence electrons. The highest BCUT2D eigenvalue weighted by Gasteiger charge is 2.05. The zero-order valence-corrected chi connectivity index (χ0v) is 8.57. The van der Waals surface area contributed by atoms with Gasteiger partial charge in [0.1, 0.15) is 6.29 Å². The van der Waals surface area contributed by atoms with Gasteiger partial charge < -0.3 is 5.11 Å². The monoisotopic (exact) mass is 194 g/mol. The van der Waals surface area contributed by atoms with Gasteiger partial charge in [0.2, 0.25) is 0 Å². The van der Waals surface area contributed by atoms with E-state index in [1.54, 1.807) is 13.0 Å². The van der Waals surface area contributed by atoms with Gasteiger partial charge in [-0.25, -0.2) is 4.79 Å². The Morgan fingerprint density at radius 1 is 1.36 bits per heavy atom. The van der Waals surface area contributed by atoms with E-state index < -0.39 is 5.97 Å². The van der Waals surface area contributed by atoms with Crippen LogP contribution in [0, 0.1) is 6.92 Å². The highest BCUT2D eigenvalue weighted by molar-refractivity contribution is 5.90. The fraction of sp³-hybridized carbons (Fsp3) is 0.273. The number of carboxylic acids is 1. The maximum Gasteiger partial charge on any atom is 0.335 e. The van der Waals surface area contributed by atoms with Crippen LogP contribution in [0.3, 0.4) is 0 Å². The number of aryl methyl sites for hydroxylation is 1. The largest absolute Gasteiger partial charge is 0.478 e. The van der Waals surface area contributed by atoms with E-state index in [2.05, 4.69) is 0 Å². The van der Waals surface area contributed by atoms with Gasteiger partial charge in [-0.1, -0.05) is 19.9 Å². The molecule has 0 spiro atoms. The van der Waals surface area contributed by atoms with Crippen LogP contribution in [0.5, 0.6) is 0 Å². The van der Waals surface area contributed by atoms with E-state index >= 15 is 0 Å². The number of rotatable bonds is 2. The number of carbonyl (C=O) groups excluding carboxylic acids is 1. The second kappa shape index (κ2) is 5.91. The van der Waals surface area contributed by atoms with Gasteiger partial charge in [0.25, 0.3) is 0 Å². The average molecular weight is 194 g/mol. The summed E-state index contributed by atoms with van der Waals surface area (Å²) in [5.74, 6) is -0.968. The molecule has 0 saturated heterocycles. The molecule has 1 N–H and O–H groups in total. The molecule has 14 heavy (non-hydrogen) atoms. The molecule has 3 heteroatoms. The van der Waals surface area contributed by atoms with Gasteiger partial charge in [-0.15, -0.1) is 0 Å². The van der Waals surface area contributed by atoms with Crippen LogP contribution in [-0.4, -0.2) is 17.4 Å². The lowest BCUT2D eigenvalue weighted by Gasteiger charge is -1.99. The second-order valence-electron chi connectivity index (χ2n) is 2.50. The zero-order valence-electron chi connectivity index (χ0n) is 8.57. The maximum absolute atomic E-state index is 10.5. The van der Waals surface area contributed by atoms with Crippen LogP contribution in [0.15, 0.2) is 18.2 Å². The SMILES string of the molecule is CC.Cc1cc(C=O)ccc1C(=O)O. The molecule has 0 aromatic heterocycles. The molecular weight excluding hydrogens is 180 g/mol. The second-order valence-corrected chi connectivity index (χ2v) is 2.50. The molecule has 1 rings (SSSR count). The van der Waals surface area contributed by atoms with Gasteiger partial charge in [-0.3, -0.25) is 4.79 Å². The van der Waals surface area contributed by atoms with Crippen LogP contribution in [0.2, 0.25) is 0 Å². The molecule has 0 amide bonds. The van der Waals surface area contributed by atoms with E-state index in [-0.39, 0.29) is 5.56 Å². The minimum absolute atomic E-state index is 0.237. The lowest BCUT2D eigenvalue weighted by molar-refractivity contribution is 0.0696. The summed E-state index contributed by atoms with van der Waals surface area (Å²) in [5, 5.41) is 8.64. The molecule has 1 aromatic carbocycles. The number of hydrogen-bond donors (Lipinski definition) is 1. The van der Waals surface area contributed by atoms with Crippen molar-refractivity contribution in [1.29, 1.82) is 0 Å². The minimum atomic E-state index is -0.968. The molecule has 3 nitrogen and oxygen atoms in total. The number of aromatic carboxylic acids is 1. The van der Waals surface area contributed by atoms with E-state index in [1.165, 1.54) is 12.1 Å². The van der Waals surface area contributed by atoms with Crippen molar-refractivity contribution < 1.29 is 14.7 Å². The van der Waals surface area contributed by atoms with Crippen LogP contribution in [-0.2, 0) is 0 Å². The number of hydrogen-bond acceptors (Lipinski definition) is 2. The molecule has 0 atom stereocenters. The molecule has 0 saturated carbocycles. The van der Waals surface area contributed by atoms with Crippen LogP contribution in [0.25, 0.3) is 0 Å². The smallest absolute Gasteiger partial charge is 0.335 e. The van der Waals surface area contributed by atoms with Crippen LogP contribution < -0.4 is 0 Å². The number of benzene rings is 1. The zero-order chi connectivity index (χ0) is 11.1. The Balaban J connectivity index is 0.000000791. The Bertz CT molecular complexity index is 329. The highest BCUT2D eigenvalue weighted by Crippen LogP contribution is 2.09. The summed E-state index contributed by atoms with van der Waals surface area (Å²) in [6.45, 7) is 5.66. The summed E-state index contributed by atoms with van der Waals surface area (Å²) in [6.07, 6.45) is 0.693. The first-order valence-electron chi connectivity index (χ1n) is 4.44. The van der Waals surface area contributed by atoms with Gasteiger partial charge in [0.05, 0.1) is 5.56 Å². The Kier molecular flexibility index (Phi) is 5.22.